The molecule has 1 aromatic carbocycles. The van der Waals surface area contributed by atoms with Crippen LogP contribution in [0.5, 0.6) is 0 Å². The Morgan fingerprint density at radius 2 is 1.78 bits per heavy atom. The Bertz CT molecular complexity index is 537. The summed E-state index contributed by atoms with van der Waals surface area (Å²) in [5, 5.41) is 0. The van der Waals surface area contributed by atoms with Crippen molar-refractivity contribution in [1.29, 1.82) is 0 Å². The number of hydrogen-bond donors (Lipinski definition) is 0. The molecule has 0 aliphatic carbocycles. The Hall–Kier alpha value is -0.980. The van der Waals surface area contributed by atoms with Crippen LogP contribution in [0.15, 0.2) is 23.1 Å². The fourth-order valence-corrected chi connectivity index (χ4v) is 3.70. The summed E-state index contributed by atoms with van der Waals surface area (Å²) in [5.74, 6) is -0.412. The van der Waals surface area contributed by atoms with Gasteiger partial charge in [0.05, 0.1) is 4.90 Å². The lowest BCUT2D eigenvalue weighted by molar-refractivity contribution is 0.222. The van der Waals surface area contributed by atoms with Crippen molar-refractivity contribution in [1.82, 2.24) is 9.21 Å². The van der Waals surface area contributed by atoms with Gasteiger partial charge in [0.15, 0.2) is 0 Å². The molecule has 18 heavy (non-hydrogen) atoms. The average molecular weight is 272 g/mol. The predicted molar refractivity (Wildman–Crippen MR) is 67.4 cm³/mol. The van der Waals surface area contributed by atoms with Gasteiger partial charge in [-0.25, -0.2) is 12.8 Å². The Kier molecular flexibility index (Phi) is 3.70. The second-order valence-corrected chi connectivity index (χ2v) is 6.52. The molecule has 1 aliphatic heterocycles. The standard InChI is InChI=1S/C12H17FN2O2S/c1-10-9-11(13)3-4-12(10)18(16,17)15-7-5-14(2)6-8-15/h3-4,9H,5-8H2,1-2H3. The van der Waals surface area contributed by atoms with Crippen molar-refractivity contribution in [2.75, 3.05) is 33.2 Å². The van der Waals surface area contributed by atoms with Crippen LogP contribution in [0.2, 0.25) is 0 Å². The molecule has 0 unspecified atom stereocenters. The maximum Gasteiger partial charge on any atom is 0.243 e. The van der Waals surface area contributed by atoms with Gasteiger partial charge in [-0.15, -0.1) is 0 Å². The zero-order valence-corrected chi connectivity index (χ0v) is 11.4. The van der Waals surface area contributed by atoms with E-state index in [0.717, 1.165) is 13.1 Å². The first-order chi connectivity index (χ1) is 8.41. The van der Waals surface area contributed by atoms with Crippen LogP contribution < -0.4 is 0 Å². The molecule has 1 saturated heterocycles. The number of sulfonamides is 1. The zero-order valence-electron chi connectivity index (χ0n) is 10.6. The molecule has 1 heterocycles. The molecule has 6 heteroatoms. The van der Waals surface area contributed by atoms with E-state index < -0.39 is 15.8 Å². The van der Waals surface area contributed by atoms with E-state index in [1.807, 2.05) is 7.05 Å². The molecule has 0 spiro atoms. The highest BCUT2D eigenvalue weighted by molar-refractivity contribution is 7.89. The van der Waals surface area contributed by atoms with E-state index in [9.17, 15) is 12.8 Å². The first kappa shape index (κ1) is 13.5. The van der Waals surface area contributed by atoms with Crippen LogP contribution in [-0.4, -0.2) is 50.8 Å². The van der Waals surface area contributed by atoms with E-state index in [4.69, 9.17) is 0 Å². The van der Waals surface area contributed by atoms with E-state index in [-0.39, 0.29) is 4.90 Å². The van der Waals surface area contributed by atoms with Gasteiger partial charge in [-0.3, -0.25) is 0 Å². The number of hydrogen-bond acceptors (Lipinski definition) is 3. The summed E-state index contributed by atoms with van der Waals surface area (Å²) < 4.78 is 39.3. The molecular formula is C12H17FN2O2S. The summed E-state index contributed by atoms with van der Waals surface area (Å²) in [4.78, 5) is 2.29. The van der Waals surface area contributed by atoms with E-state index in [0.29, 0.717) is 18.7 Å². The quantitative estimate of drug-likeness (QED) is 0.808. The highest BCUT2D eigenvalue weighted by Gasteiger charge is 2.28. The van der Waals surface area contributed by atoms with Crippen LogP contribution in [0.4, 0.5) is 4.39 Å². The largest absolute Gasteiger partial charge is 0.304 e. The molecule has 1 fully saturated rings. The molecule has 0 aromatic heterocycles. The van der Waals surface area contributed by atoms with Gasteiger partial charge in [0.2, 0.25) is 10.0 Å². The van der Waals surface area contributed by atoms with E-state index >= 15 is 0 Å². The van der Waals surface area contributed by atoms with Crippen molar-refractivity contribution in [3.05, 3.63) is 29.6 Å². The fraction of sp³-hybridized carbons (Fsp3) is 0.500. The molecule has 2 rings (SSSR count). The van der Waals surface area contributed by atoms with Gasteiger partial charge in [-0.1, -0.05) is 0 Å². The molecule has 1 aromatic rings. The Balaban J connectivity index is 2.30. The van der Waals surface area contributed by atoms with Gasteiger partial charge >= 0.3 is 0 Å². The Morgan fingerprint density at radius 3 is 2.33 bits per heavy atom. The molecule has 1 aliphatic rings. The molecular weight excluding hydrogens is 255 g/mol. The highest BCUT2D eigenvalue weighted by Crippen LogP contribution is 2.21. The molecule has 100 valence electrons. The number of likely N-dealkylation sites (N-methyl/N-ethyl adjacent to an activating group) is 1. The third-order valence-electron chi connectivity index (χ3n) is 3.22. The predicted octanol–water partition coefficient (Wildman–Crippen LogP) is 1.07. The maximum atomic E-state index is 13.0. The van der Waals surface area contributed by atoms with Crippen LogP contribution in [0, 0.1) is 12.7 Å². The van der Waals surface area contributed by atoms with Crippen LogP contribution in [0.3, 0.4) is 0 Å². The Morgan fingerprint density at radius 1 is 1.17 bits per heavy atom. The summed E-state index contributed by atoms with van der Waals surface area (Å²) in [6.45, 7) is 4.02. The minimum atomic E-state index is -3.49. The van der Waals surface area contributed by atoms with Gasteiger partial charge in [-0.05, 0) is 37.7 Å². The summed E-state index contributed by atoms with van der Waals surface area (Å²) in [5.41, 5.74) is 0.453. The zero-order chi connectivity index (χ0) is 13.3. The summed E-state index contributed by atoms with van der Waals surface area (Å²) in [6.07, 6.45) is 0. The number of nitrogens with zero attached hydrogens (tertiary/aromatic N) is 2. The maximum absolute atomic E-state index is 13.0. The van der Waals surface area contributed by atoms with E-state index in [2.05, 4.69) is 4.90 Å². The lowest BCUT2D eigenvalue weighted by Crippen LogP contribution is -2.47. The molecule has 4 nitrogen and oxygen atoms in total. The van der Waals surface area contributed by atoms with Crippen molar-refractivity contribution in [3.8, 4) is 0 Å². The smallest absolute Gasteiger partial charge is 0.243 e. The van der Waals surface area contributed by atoms with Crippen molar-refractivity contribution in [2.45, 2.75) is 11.8 Å². The number of piperazine rings is 1. The average Bonchev–Trinajstić information content (AvgIpc) is 2.29. The van der Waals surface area contributed by atoms with Gasteiger partial charge in [0.1, 0.15) is 5.82 Å². The lowest BCUT2D eigenvalue weighted by atomic mass is 10.2. The van der Waals surface area contributed by atoms with Gasteiger partial charge in [-0.2, -0.15) is 4.31 Å². The third kappa shape index (κ3) is 2.55. The van der Waals surface area contributed by atoms with Crippen molar-refractivity contribution in [2.24, 2.45) is 0 Å². The van der Waals surface area contributed by atoms with Crippen molar-refractivity contribution < 1.29 is 12.8 Å². The second-order valence-electron chi connectivity index (χ2n) is 4.62. The molecule has 0 saturated carbocycles. The summed E-state index contributed by atoms with van der Waals surface area (Å²) in [6, 6.07) is 3.79. The molecule has 0 radical (unpaired) electrons. The van der Waals surface area contributed by atoms with E-state index in [1.165, 1.54) is 22.5 Å². The Labute approximate surface area is 107 Å². The van der Waals surface area contributed by atoms with E-state index in [1.54, 1.807) is 6.92 Å². The van der Waals surface area contributed by atoms with Crippen LogP contribution in [0.1, 0.15) is 5.56 Å². The highest BCUT2D eigenvalue weighted by atomic mass is 32.2. The van der Waals surface area contributed by atoms with Gasteiger partial charge in [0.25, 0.3) is 0 Å². The SMILES string of the molecule is Cc1cc(F)ccc1S(=O)(=O)N1CCN(C)CC1. The first-order valence-electron chi connectivity index (χ1n) is 5.86. The summed E-state index contributed by atoms with van der Waals surface area (Å²) in [7, 11) is -1.53. The molecule has 0 bridgehead atoms. The lowest BCUT2D eigenvalue weighted by Gasteiger charge is -2.31. The van der Waals surface area contributed by atoms with Crippen molar-refractivity contribution in [3.63, 3.8) is 0 Å². The topological polar surface area (TPSA) is 40.6 Å². The minimum Gasteiger partial charge on any atom is -0.304 e. The van der Waals surface area contributed by atoms with Crippen LogP contribution >= 0.6 is 0 Å². The van der Waals surface area contributed by atoms with Gasteiger partial charge < -0.3 is 4.90 Å². The number of aryl methyl sites for hydroxylation is 1. The number of benzene rings is 1. The molecule has 0 atom stereocenters. The van der Waals surface area contributed by atoms with Crippen molar-refractivity contribution >= 4 is 10.0 Å². The summed E-state index contributed by atoms with van der Waals surface area (Å²) >= 11 is 0. The molecule has 0 amide bonds. The second kappa shape index (κ2) is 4.95. The molecule has 0 N–H and O–H groups in total. The van der Waals surface area contributed by atoms with Crippen LogP contribution in [-0.2, 0) is 10.0 Å². The van der Waals surface area contributed by atoms with Gasteiger partial charge in [0, 0.05) is 26.2 Å². The minimum absolute atomic E-state index is 0.202. The fourth-order valence-electron chi connectivity index (χ4n) is 2.07. The van der Waals surface area contributed by atoms with Crippen LogP contribution in [0.25, 0.3) is 0 Å². The third-order valence-corrected chi connectivity index (χ3v) is 5.28. The number of rotatable bonds is 2. The first-order valence-corrected chi connectivity index (χ1v) is 7.30. The monoisotopic (exact) mass is 272 g/mol. The normalized spacial score (nSPS) is 19.1. The number of halogens is 1.